The summed E-state index contributed by atoms with van der Waals surface area (Å²) in [6.07, 6.45) is 2.69. The molecule has 1 saturated heterocycles. The maximum atomic E-state index is 12.0. The highest BCUT2D eigenvalue weighted by molar-refractivity contribution is 5.89. The number of H-pyrrole nitrogens is 1. The van der Waals surface area contributed by atoms with Gasteiger partial charge in [0.15, 0.2) is 0 Å². The molecule has 1 aromatic heterocycles. The Morgan fingerprint density at radius 2 is 2.11 bits per heavy atom. The van der Waals surface area contributed by atoms with E-state index in [0.29, 0.717) is 31.8 Å². The van der Waals surface area contributed by atoms with Gasteiger partial charge in [-0.15, -0.1) is 0 Å². The summed E-state index contributed by atoms with van der Waals surface area (Å²) >= 11 is 0. The summed E-state index contributed by atoms with van der Waals surface area (Å²) in [5.41, 5.74) is 2.17. The molecule has 0 amide bonds. The van der Waals surface area contributed by atoms with Crippen molar-refractivity contribution in [3.8, 4) is 5.75 Å². The van der Waals surface area contributed by atoms with Crippen LogP contribution < -0.4 is 4.74 Å². The molecule has 0 spiro atoms. The summed E-state index contributed by atoms with van der Waals surface area (Å²) in [4.78, 5) is 17.4. The fourth-order valence-electron chi connectivity index (χ4n) is 3.16. The Morgan fingerprint density at radius 3 is 2.85 bits per heavy atom. The van der Waals surface area contributed by atoms with E-state index in [4.69, 9.17) is 18.9 Å². The average molecular weight is 376 g/mol. The van der Waals surface area contributed by atoms with Crippen molar-refractivity contribution in [1.29, 1.82) is 0 Å². The lowest BCUT2D eigenvalue weighted by molar-refractivity contribution is -0.0783. The zero-order chi connectivity index (χ0) is 19.2. The van der Waals surface area contributed by atoms with Crippen LogP contribution in [0.2, 0.25) is 0 Å². The highest BCUT2D eigenvalue weighted by Crippen LogP contribution is 2.30. The van der Waals surface area contributed by atoms with Crippen molar-refractivity contribution in [1.82, 2.24) is 9.88 Å². The van der Waals surface area contributed by atoms with Crippen molar-refractivity contribution < 1.29 is 23.7 Å². The van der Waals surface area contributed by atoms with E-state index in [1.807, 2.05) is 38.5 Å². The number of carbonyl (C=O) groups is 1. The zero-order valence-corrected chi connectivity index (χ0v) is 16.2. The van der Waals surface area contributed by atoms with Crippen LogP contribution >= 0.6 is 0 Å². The SMILES string of the molecule is CC(OC(=O)OC1CCOCC1)Oc1cccc2[nH]cc(CCN(C)C)c12. The largest absolute Gasteiger partial charge is 0.511 e. The predicted molar refractivity (Wildman–Crippen MR) is 102 cm³/mol. The minimum Gasteiger partial charge on any atom is -0.454 e. The summed E-state index contributed by atoms with van der Waals surface area (Å²) in [7, 11) is 4.10. The lowest BCUT2D eigenvalue weighted by Gasteiger charge is -2.23. The van der Waals surface area contributed by atoms with Gasteiger partial charge in [0, 0.05) is 43.4 Å². The van der Waals surface area contributed by atoms with Crippen molar-refractivity contribution in [3.05, 3.63) is 30.0 Å². The van der Waals surface area contributed by atoms with Gasteiger partial charge >= 0.3 is 6.16 Å². The first-order chi connectivity index (χ1) is 13.0. The number of hydrogen-bond acceptors (Lipinski definition) is 6. The molecular weight excluding hydrogens is 348 g/mol. The molecule has 1 fully saturated rings. The number of hydrogen-bond donors (Lipinski definition) is 1. The summed E-state index contributed by atoms with van der Waals surface area (Å²) in [5, 5.41) is 1.02. The van der Waals surface area contributed by atoms with E-state index >= 15 is 0 Å². The van der Waals surface area contributed by atoms with Crippen LogP contribution in [-0.4, -0.2) is 62.3 Å². The third-order valence-electron chi connectivity index (χ3n) is 4.56. The second-order valence-electron chi connectivity index (χ2n) is 7.03. The highest BCUT2D eigenvalue weighted by atomic mass is 16.8. The van der Waals surface area contributed by atoms with E-state index in [1.165, 1.54) is 5.56 Å². The molecule has 1 aliphatic heterocycles. The standard InChI is InChI=1S/C20H28N2O5/c1-14(26-20(23)27-16-8-11-24-12-9-16)25-18-6-4-5-17-19(18)15(13-21-17)7-10-22(2)3/h4-6,13-14,16,21H,7-12H2,1-3H3. The molecule has 27 heavy (non-hydrogen) atoms. The van der Waals surface area contributed by atoms with Crippen LogP contribution in [0.3, 0.4) is 0 Å². The third-order valence-corrected chi connectivity index (χ3v) is 4.56. The van der Waals surface area contributed by atoms with Crippen molar-refractivity contribution in [3.63, 3.8) is 0 Å². The number of carbonyl (C=O) groups excluding carboxylic acids is 1. The van der Waals surface area contributed by atoms with Crippen LogP contribution in [0.25, 0.3) is 10.9 Å². The van der Waals surface area contributed by atoms with Gasteiger partial charge in [-0.1, -0.05) is 6.07 Å². The van der Waals surface area contributed by atoms with Gasteiger partial charge in [0.2, 0.25) is 6.29 Å². The van der Waals surface area contributed by atoms with E-state index in [1.54, 1.807) is 6.92 Å². The molecule has 1 atom stereocenters. The van der Waals surface area contributed by atoms with E-state index in [0.717, 1.165) is 23.9 Å². The van der Waals surface area contributed by atoms with Gasteiger partial charge in [0.1, 0.15) is 11.9 Å². The molecular formula is C20H28N2O5. The lowest BCUT2D eigenvalue weighted by atomic mass is 10.1. The first-order valence-electron chi connectivity index (χ1n) is 9.38. The molecule has 0 bridgehead atoms. The Morgan fingerprint density at radius 1 is 1.33 bits per heavy atom. The average Bonchev–Trinajstić information content (AvgIpc) is 3.05. The molecule has 3 rings (SSSR count). The van der Waals surface area contributed by atoms with Gasteiger partial charge in [-0.05, 0) is 38.2 Å². The van der Waals surface area contributed by atoms with Gasteiger partial charge in [-0.25, -0.2) is 4.79 Å². The first kappa shape index (κ1) is 19.5. The van der Waals surface area contributed by atoms with E-state index in [2.05, 4.69) is 9.88 Å². The number of rotatable bonds is 7. The molecule has 1 N–H and O–H groups in total. The number of nitrogens with one attached hydrogen (secondary N) is 1. The molecule has 148 valence electrons. The summed E-state index contributed by atoms with van der Waals surface area (Å²) in [6.45, 7) is 3.84. The lowest BCUT2D eigenvalue weighted by Crippen LogP contribution is -2.29. The highest BCUT2D eigenvalue weighted by Gasteiger charge is 2.21. The van der Waals surface area contributed by atoms with Gasteiger partial charge in [-0.2, -0.15) is 0 Å². The van der Waals surface area contributed by atoms with Crippen molar-refractivity contribution in [2.24, 2.45) is 0 Å². The number of likely N-dealkylation sites (N-methyl/N-ethyl adjacent to an activating group) is 1. The third kappa shape index (κ3) is 5.37. The number of benzene rings is 1. The molecule has 2 heterocycles. The quantitative estimate of drug-likeness (QED) is 0.590. The zero-order valence-electron chi connectivity index (χ0n) is 16.2. The second kappa shape index (κ2) is 9.10. The Bertz CT molecular complexity index is 752. The Balaban J connectivity index is 1.62. The smallest absolute Gasteiger partial charge is 0.454 e. The molecule has 0 saturated carbocycles. The molecule has 0 aliphatic carbocycles. The van der Waals surface area contributed by atoms with Crippen LogP contribution in [0.5, 0.6) is 5.75 Å². The van der Waals surface area contributed by atoms with Gasteiger partial charge in [0.25, 0.3) is 0 Å². The summed E-state index contributed by atoms with van der Waals surface area (Å²) < 4.78 is 21.8. The topological polar surface area (TPSA) is 73.0 Å². The van der Waals surface area contributed by atoms with Crippen LogP contribution in [0.1, 0.15) is 25.3 Å². The monoisotopic (exact) mass is 376 g/mol. The van der Waals surface area contributed by atoms with Crippen molar-refractivity contribution in [2.75, 3.05) is 33.9 Å². The van der Waals surface area contributed by atoms with Crippen LogP contribution in [0.15, 0.2) is 24.4 Å². The normalized spacial score (nSPS) is 16.4. The van der Waals surface area contributed by atoms with Crippen LogP contribution in [-0.2, 0) is 20.6 Å². The maximum absolute atomic E-state index is 12.0. The van der Waals surface area contributed by atoms with Gasteiger partial charge < -0.3 is 28.8 Å². The number of ether oxygens (including phenoxy) is 4. The van der Waals surface area contributed by atoms with Crippen molar-refractivity contribution >= 4 is 17.1 Å². The second-order valence-corrected chi connectivity index (χ2v) is 7.03. The molecule has 1 aliphatic rings. The molecule has 7 heteroatoms. The fourth-order valence-corrected chi connectivity index (χ4v) is 3.16. The van der Waals surface area contributed by atoms with Crippen molar-refractivity contribution in [2.45, 2.75) is 38.6 Å². The van der Waals surface area contributed by atoms with Crippen LogP contribution in [0.4, 0.5) is 4.79 Å². The fraction of sp³-hybridized carbons (Fsp3) is 0.550. The summed E-state index contributed by atoms with van der Waals surface area (Å²) in [5.74, 6) is 0.689. The van der Waals surface area contributed by atoms with E-state index < -0.39 is 12.4 Å². The maximum Gasteiger partial charge on any atom is 0.511 e. The molecule has 1 aromatic carbocycles. The predicted octanol–water partition coefficient (Wildman–Crippen LogP) is 3.33. The number of nitrogens with zero attached hydrogens (tertiary/aromatic N) is 1. The minimum atomic E-state index is -0.750. The number of aromatic nitrogens is 1. The summed E-state index contributed by atoms with van der Waals surface area (Å²) in [6, 6.07) is 5.81. The Labute approximate surface area is 159 Å². The Kier molecular flexibility index (Phi) is 6.58. The van der Waals surface area contributed by atoms with Gasteiger partial charge in [0.05, 0.1) is 13.2 Å². The molecule has 1 unspecified atom stereocenters. The minimum absolute atomic E-state index is 0.149. The molecule has 2 aromatic rings. The van der Waals surface area contributed by atoms with E-state index in [9.17, 15) is 4.79 Å². The number of aromatic amines is 1. The molecule has 7 nitrogen and oxygen atoms in total. The first-order valence-corrected chi connectivity index (χ1v) is 9.38. The van der Waals surface area contributed by atoms with E-state index in [-0.39, 0.29) is 6.10 Å². The van der Waals surface area contributed by atoms with Crippen LogP contribution in [0, 0.1) is 0 Å². The Hall–Kier alpha value is -2.25. The molecule has 0 radical (unpaired) electrons. The number of fused-ring (bicyclic) bond motifs is 1. The van der Waals surface area contributed by atoms with Gasteiger partial charge in [-0.3, -0.25) is 0 Å².